The highest BCUT2D eigenvalue weighted by Crippen LogP contribution is 2.30. The summed E-state index contributed by atoms with van der Waals surface area (Å²) in [6.45, 7) is 0. The molecule has 3 aromatic carbocycles. The largest absolute Gasteiger partial charge is 0.455 e. The lowest BCUT2D eigenvalue weighted by atomic mass is 10.2. The minimum Gasteiger partial charge on any atom is -0.455 e. The van der Waals surface area contributed by atoms with Crippen molar-refractivity contribution in [2.75, 3.05) is 0 Å². The molecule has 0 aliphatic heterocycles. The summed E-state index contributed by atoms with van der Waals surface area (Å²) < 4.78 is 11.7. The number of rotatable bonds is 4. The van der Waals surface area contributed by atoms with E-state index in [-0.39, 0.29) is 0 Å². The summed E-state index contributed by atoms with van der Waals surface area (Å²) in [5.41, 5.74) is 3.79. The fourth-order valence-electron chi connectivity index (χ4n) is 3.11. The Labute approximate surface area is 192 Å². The summed E-state index contributed by atoms with van der Waals surface area (Å²) in [5.74, 6) is 1.80. The topological polar surface area (TPSA) is 51.5 Å². The van der Waals surface area contributed by atoms with Crippen LogP contribution in [-0.4, -0.2) is 11.2 Å². The number of benzene rings is 3. The van der Waals surface area contributed by atoms with Crippen LogP contribution in [-0.2, 0) is 0 Å². The van der Waals surface area contributed by atoms with Gasteiger partial charge in [-0.3, -0.25) is 4.99 Å². The van der Waals surface area contributed by atoms with Gasteiger partial charge in [-0.15, -0.1) is 0 Å². The van der Waals surface area contributed by atoms with E-state index in [1.807, 2.05) is 42.5 Å². The average molecular weight is 468 g/mol. The van der Waals surface area contributed by atoms with Crippen molar-refractivity contribution in [1.29, 1.82) is 0 Å². The monoisotopic (exact) mass is 466 g/mol. The van der Waals surface area contributed by atoms with Gasteiger partial charge in [0.15, 0.2) is 5.58 Å². The average Bonchev–Trinajstić information content (AvgIpc) is 3.41. The highest BCUT2D eigenvalue weighted by Gasteiger charge is 2.10. The van der Waals surface area contributed by atoms with Crippen molar-refractivity contribution in [3.8, 4) is 22.8 Å². The van der Waals surface area contributed by atoms with Crippen LogP contribution in [0.1, 0.15) is 5.76 Å². The number of oxazole rings is 1. The molecule has 7 heteroatoms. The van der Waals surface area contributed by atoms with E-state index in [2.05, 4.69) is 9.98 Å². The van der Waals surface area contributed by atoms with Crippen LogP contribution in [0.5, 0.6) is 0 Å². The minimum atomic E-state index is 0.476. The molecule has 152 valence electrons. The van der Waals surface area contributed by atoms with Crippen molar-refractivity contribution in [1.82, 2.24) is 4.98 Å². The molecule has 0 amide bonds. The van der Waals surface area contributed by atoms with Gasteiger partial charge in [-0.05, 0) is 66.7 Å². The van der Waals surface area contributed by atoms with Crippen LogP contribution >= 0.6 is 34.8 Å². The van der Waals surface area contributed by atoms with E-state index < -0.39 is 0 Å². The second-order valence-corrected chi connectivity index (χ2v) is 8.02. The van der Waals surface area contributed by atoms with E-state index in [4.69, 9.17) is 43.6 Å². The molecule has 0 radical (unpaired) electrons. The quantitative estimate of drug-likeness (QED) is 0.249. The number of hydrogen-bond donors (Lipinski definition) is 0. The van der Waals surface area contributed by atoms with Crippen LogP contribution in [0, 0.1) is 0 Å². The molecular formula is C24H13Cl3N2O2. The van der Waals surface area contributed by atoms with Crippen molar-refractivity contribution < 1.29 is 8.83 Å². The van der Waals surface area contributed by atoms with Gasteiger partial charge in [0.05, 0.1) is 21.9 Å². The Bertz CT molecular complexity index is 1440. The molecule has 0 aliphatic rings. The number of furan rings is 1. The zero-order chi connectivity index (χ0) is 21.4. The molecule has 0 spiro atoms. The lowest BCUT2D eigenvalue weighted by Crippen LogP contribution is -1.78. The van der Waals surface area contributed by atoms with Crippen LogP contribution in [0.15, 0.2) is 86.6 Å². The Morgan fingerprint density at radius 1 is 0.774 bits per heavy atom. The molecule has 0 unspecified atom stereocenters. The molecule has 31 heavy (non-hydrogen) atoms. The third-order valence-corrected chi connectivity index (χ3v) is 5.59. The van der Waals surface area contributed by atoms with Crippen LogP contribution in [0.4, 0.5) is 5.69 Å². The molecule has 5 rings (SSSR count). The van der Waals surface area contributed by atoms with Gasteiger partial charge in [0.2, 0.25) is 5.89 Å². The second kappa shape index (κ2) is 8.23. The smallest absolute Gasteiger partial charge is 0.227 e. The highest BCUT2D eigenvalue weighted by atomic mass is 35.5. The van der Waals surface area contributed by atoms with Gasteiger partial charge >= 0.3 is 0 Å². The van der Waals surface area contributed by atoms with Gasteiger partial charge in [0.25, 0.3) is 0 Å². The standard InChI is InChI=1S/C24H13Cl3N2O2/c25-16-5-8-23-21(12-16)29-24(31-23)15-2-1-3-17(10-15)28-13-18-6-9-22(30-18)14-4-7-19(26)20(27)11-14/h1-13H. The summed E-state index contributed by atoms with van der Waals surface area (Å²) in [5, 5.41) is 1.59. The maximum absolute atomic E-state index is 6.09. The summed E-state index contributed by atoms with van der Waals surface area (Å²) in [6.07, 6.45) is 1.66. The first-order valence-corrected chi connectivity index (χ1v) is 10.4. The van der Waals surface area contributed by atoms with E-state index in [0.717, 1.165) is 16.8 Å². The fourth-order valence-corrected chi connectivity index (χ4v) is 3.57. The molecule has 0 atom stereocenters. The van der Waals surface area contributed by atoms with E-state index in [9.17, 15) is 0 Å². The van der Waals surface area contributed by atoms with E-state index >= 15 is 0 Å². The number of nitrogens with zero attached hydrogens (tertiary/aromatic N) is 2. The van der Waals surface area contributed by atoms with E-state index in [1.54, 1.807) is 36.5 Å². The molecule has 0 saturated carbocycles. The van der Waals surface area contributed by atoms with Gasteiger partial charge in [-0.25, -0.2) is 4.98 Å². The SMILES string of the molecule is Clc1ccc2oc(-c3cccc(N=Cc4ccc(-c5ccc(Cl)c(Cl)c5)o4)c3)nc2c1. The first-order chi connectivity index (χ1) is 15.0. The molecule has 0 N–H and O–H groups in total. The number of fused-ring (bicyclic) bond motifs is 1. The summed E-state index contributed by atoms with van der Waals surface area (Å²) in [4.78, 5) is 9.02. The lowest BCUT2D eigenvalue weighted by Gasteiger charge is -1.99. The van der Waals surface area contributed by atoms with Crippen molar-refractivity contribution in [3.05, 3.63) is 93.6 Å². The molecule has 0 saturated heterocycles. The summed E-state index contributed by atoms with van der Waals surface area (Å²) in [6, 6.07) is 22.0. The van der Waals surface area contributed by atoms with Crippen LogP contribution < -0.4 is 0 Å². The van der Waals surface area contributed by atoms with Crippen molar-refractivity contribution in [2.45, 2.75) is 0 Å². The number of aromatic nitrogens is 1. The van der Waals surface area contributed by atoms with Gasteiger partial charge in [-0.2, -0.15) is 0 Å². The van der Waals surface area contributed by atoms with Crippen molar-refractivity contribution in [2.24, 2.45) is 4.99 Å². The fraction of sp³-hybridized carbons (Fsp3) is 0. The van der Waals surface area contributed by atoms with E-state index in [0.29, 0.717) is 43.6 Å². The van der Waals surface area contributed by atoms with Crippen LogP contribution in [0.25, 0.3) is 33.9 Å². The van der Waals surface area contributed by atoms with Crippen molar-refractivity contribution >= 4 is 57.8 Å². The zero-order valence-electron chi connectivity index (χ0n) is 15.9. The predicted octanol–water partition coefficient (Wildman–Crippen LogP) is 8.47. The summed E-state index contributed by atoms with van der Waals surface area (Å²) in [7, 11) is 0. The predicted molar refractivity (Wildman–Crippen MR) is 126 cm³/mol. The lowest BCUT2D eigenvalue weighted by molar-refractivity contribution is 0.575. The molecule has 0 bridgehead atoms. The highest BCUT2D eigenvalue weighted by molar-refractivity contribution is 6.42. The first kappa shape index (κ1) is 19.9. The molecule has 2 aromatic heterocycles. The van der Waals surface area contributed by atoms with Crippen LogP contribution in [0.3, 0.4) is 0 Å². The third kappa shape index (κ3) is 4.23. The van der Waals surface area contributed by atoms with Crippen molar-refractivity contribution in [3.63, 3.8) is 0 Å². The maximum Gasteiger partial charge on any atom is 0.227 e. The number of aliphatic imine (C=N–C) groups is 1. The molecule has 2 heterocycles. The Hall–Kier alpha value is -3.05. The number of hydrogen-bond acceptors (Lipinski definition) is 4. The second-order valence-electron chi connectivity index (χ2n) is 6.77. The Balaban J connectivity index is 1.39. The Morgan fingerprint density at radius 2 is 1.68 bits per heavy atom. The zero-order valence-corrected chi connectivity index (χ0v) is 18.1. The van der Waals surface area contributed by atoms with Gasteiger partial charge in [0, 0.05) is 16.1 Å². The number of halogens is 3. The Kier molecular flexibility index (Phi) is 5.28. The van der Waals surface area contributed by atoms with Gasteiger partial charge < -0.3 is 8.83 Å². The molecule has 4 nitrogen and oxygen atoms in total. The maximum atomic E-state index is 6.09. The van der Waals surface area contributed by atoms with Crippen LogP contribution in [0.2, 0.25) is 15.1 Å². The molecule has 5 aromatic rings. The summed E-state index contributed by atoms with van der Waals surface area (Å²) >= 11 is 18.1. The minimum absolute atomic E-state index is 0.476. The third-order valence-electron chi connectivity index (χ3n) is 4.61. The molecule has 0 aliphatic carbocycles. The molecular weight excluding hydrogens is 455 g/mol. The first-order valence-electron chi connectivity index (χ1n) is 9.31. The molecule has 0 fully saturated rings. The van der Waals surface area contributed by atoms with Gasteiger partial charge in [0.1, 0.15) is 17.0 Å². The normalized spacial score (nSPS) is 11.6. The van der Waals surface area contributed by atoms with E-state index in [1.165, 1.54) is 0 Å². The van der Waals surface area contributed by atoms with Gasteiger partial charge in [-0.1, -0.05) is 40.9 Å². The Morgan fingerprint density at radius 3 is 2.55 bits per heavy atom.